The first-order chi connectivity index (χ1) is 19.2. The molecule has 13 N–H and O–H groups in total. The summed E-state index contributed by atoms with van der Waals surface area (Å²) in [6, 6.07) is 1.83. The molecule has 16 nitrogen and oxygen atoms in total. The third kappa shape index (κ3) is 11.6. The number of aliphatic hydroxyl groups excluding tert-OH is 2. The predicted molar refractivity (Wildman–Crippen MR) is 149 cm³/mol. The lowest BCUT2D eigenvalue weighted by Crippen LogP contribution is -2.54. The molecule has 0 fully saturated rings. The Morgan fingerprint density at radius 1 is 1.12 bits per heavy atom. The Labute approximate surface area is 236 Å². The highest BCUT2D eigenvalue weighted by Gasteiger charge is 2.38. The van der Waals surface area contributed by atoms with Crippen molar-refractivity contribution in [3.05, 3.63) is 35.4 Å². The Kier molecular flexibility index (Phi) is 13.9. The van der Waals surface area contributed by atoms with E-state index in [-0.39, 0.29) is 36.4 Å². The second-order valence-corrected chi connectivity index (χ2v) is 9.22. The van der Waals surface area contributed by atoms with Crippen LogP contribution >= 0.6 is 0 Å². The van der Waals surface area contributed by atoms with E-state index in [0.29, 0.717) is 5.69 Å². The van der Waals surface area contributed by atoms with Gasteiger partial charge in [-0.1, -0.05) is 6.92 Å². The number of nitrogens with one attached hydrogen (secondary N) is 3. The average Bonchev–Trinajstić information content (AvgIpc) is 2.89. The van der Waals surface area contributed by atoms with E-state index in [0.717, 1.165) is 0 Å². The molecule has 0 spiro atoms. The molecule has 0 aliphatic heterocycles. The maximum absolute atomic E-state index is 12.5. The standard InChI is InChI=1S/C25H39N7O9/c1-12(23(38)39)9-17(32-24(27)28)20(31-14(3)34)13(2)21(19(36)11-33)41-25(40)30-8-4-7-29-22(37)16-10-15(26)5-6-18(16)35/h5-6,9-10,13,17,19-21,33,35-36H,4,7-8,11,26H2,1-3H3,(H,29,37)(H,30,40)(H,31,34)(H,38,39)(H4,27,28,32)/b12-9+/t13-,17+,19-,20+,21+/m1/s1. The minimum absolute atomic E-state index is 0.00617. The molecule has 0 aromatic heterocycles. The molecule has 228 valence electrons. The largest absolute Gasteiger partial charge is 0.507 e. The number of carboxylic acid groups (broad SMARTS) is 1. The van der Waals surface area contributed by atoms with Crippen LogP contribution in [0.1, 0.15) is 37.6 Å². The molecule has 0 aliphatic carbocycles. The van der Waals surface area contributed by atoms with Gasteiger partial charge >= 0.3 is 12.1 Å². The monoisotopic (exact) mass is 581 g/mol. The SMILES string of the molecule is CC(=O)N[C@@H]([C@@H](C)[C@H](OC(=O)NCCCNC(=O)c1cc(N)ccc1O)[C@H](O)CO)[C@H](/C=C(\C)C(=O)O)N=C(N)N. The summed E-state index contributed by atoms with van der Waals surface area (Å²) in [5, 5.41) is 46.7. The maximum Gasteiger partial charge on any atom is 0.407 e. The quantitative estimate of drug-likeness (QED) is 0.0278. The number of nitrogens with two attached hydrogens (primary N) is 3. The first-order valence-corrected chi connectivity index (χ1v) is 12.6. The van der Waals surface area contributed by atoms with Crippen molar-refractivity contribution in [1.29, 1.82) is 0 Å². The van der Waals surface area contributed by atoms with E-state index in [9.17, 15) is 39.6 Å². The zero-order valence-electron chi connectivity index (χ0n) is 23.0. The van der Waals surface area contributed by atoms with Gasteiger partial charge in [-0.05, 0) is 37.6 Å². The van der Waals surface area contributed by atoms with E-state index in [1.54, 1.807) is 0 Å². The van der Waals surface area contributed by atoms with Gasteiger partial charge in [0.2, 0.25) is 5.91 Å². The summed E-state index contributed by atoms with van der Waals surface area (Å²) in [5.41, 5.74) is 16.8. The Bertz CT molecular complexity index is 1140. The minimum Gasteiger partial charge on any atom is -0.507 e. The van der Waals surface area contributed by atoms with Gasteiger partial charge in [0.1, 0.15) is 18.0 Å². The summed E-state index contributed by atoms with van der Waals surface area (Å²) in [7, 11) is 0. The molecule has 0 unspecified atom stereocenters. The molecule has 0 aliphatic rings. The summed E-state index contributed by atoms with van der Waals surface area (Å²) >= 11 is 0. The topological polar surface area (TPSA) is 285 Å². The lowest BCUT2D eigenvalue weighted by Gasteiger charge is -2.35. The van der Waals surface area contributed by atoms with Crippen molar-refractivity contribution in [3.8, 4) is 5.75 Å². The molecule has 3 amide bonds. The van der Waals surface area contributed by atoms with Crippen LogP contribution in [-0.4, -0.2) is 94.3 Å². The first-order valence-electron chi connectivity index (χ1n) is 12.6. The zero-order chi connectivity index (χ0) is 31.3. The Morgan fingerprint density at radius 3 is 2.32 bits per heavy atom. The zero-order valence-corrected chi connectivity index (χ0v) is 23.0. The van der Waals surface area contributed by atoms with Crippen molar-refractivity contribution in [2.24, 2.45) is 22.4 Å². The van der Waals surface area contributed by atoms with Crippen LogP contribution < -0.4 is 33.2 Å². The minimum atomic E-state index is -1.60. The van der Waals surface area contributed by atoms with Gasteiger partial charge in [0.15, 0.2) is 5.96 Å². The third-order valence-electron chi connectivity index (χ3n) is 5.86. The molecule has 16 heteroatoms. The number of ether oxygens (including phenoxy) is 1. The summed E-state index contributed by atoms with van der Waals surface area (Å²) < 4.78 is 5.37. The number of carboxylic acids is 1. The number of benzene rings is 1. The highest BCUT2D eigenvalue weighted by atomic mass is 16.6. The Hall–Kier alpha value is -4.57. The number of nitrogen functional groups attached to an aromatic ring is 1. The number of phenols is 1. The number of guanidine groups is 1. The van der Waals surface area contributed by atoms with Crippen LogP contribution in [0.4, 0.5) is 10.5 Å². The molecule has 5 atom stereocenters. The highest BCUT2D eigenvalue weighted by molar-refractivity contribution is 5.97. The number of aromatic hydroxyl groups is 1. The molecule has 41 heavy (non-hydrogen) atoms. The molecule has 1 rings (SSSR count). The van der Waals surface area contributed by atoms with Crippen LogP contribution in [0.25, 0.3) is 0 Å². The van der Waals surface area contributed by atoms with E-state index >= 15 is 0 Å². The normalized spacial score (nSPS) is 14.9. The van der Waals surface area contributed by atoms with Gasteiger partial charge < -0.3 is 58.3 Å². The van der Waals surface area contributed by atoms with E-state index in [1.165, 1.54) is 45.0 Å². The van der Waals surface area contributed by atoms with Crippen LogP contribution in [0, 0.1) is 5.92 Å². The smallest absolute Gasteiger partial charge is 0.407 e. The molecule has 0 saturated heterocycles. The molecular formula is C25H39N7O9. The van der Waals surface area contributed by atoms with Crippen molar-refractivity contribution in [3.63, 3.8) is 0 Å². The Morgan fingerprint density at radius 2 is 1.76 bits per heavy atom. The van der Waals surface area contributed by atoms with E-state index < -0.39 is 66.7 Å². The van der Waals surface area contributed by atoms with Gasteiger partial charge in [-0.15, -0.1) is 0 Å². The second kappa shape index (κ2) is 16.5. The van der Waals surface area contributed by atoms with Crippen LogP contribution in [-0.2, 0) is 14.3 Å². The van der Waals surface area contributed by atoms with Crippen LogP contribution in [0.3, 0.4) is 0 Å². The van der Waals surface area contributed by atoms with Crippen molar-refractivity contribution >= 4 is 35.5 Å². The molecule has 0 bridgehead atoms. The lowest BCUT2D eigenvalue weighted by molar-refractivity contribution is -0.132. The number of amides is 3. The highest BCUT2D eigenvalue weighted by Crippen LogP contribution is 2.22. The van der Waals surface area contributed by atoms with Crippen molar-refractivity contribution in [1.82, 2.24) is 16.0 Å². The Balaban J connectivity index is 2.94. The molecule has 1 aromatic rings. The van der Waals surface area contributed by atoms with Crippen molar-refractivity contribution in [2.75, 3.05) is 25.4 Å². The van der Waals surface area contributed by atoms with E-state index in [1.807, 2.05) is 0 Å². The predicted octanol–water partition coefficient (Wildman–Crippen LogP) is -1.64. The molecule has 1 aromatic carbocycles. The van der Waals surface area contributed by atoms with Gasteiger partial charge in [0.05, 0.1) is 24.3 Å². The maximum atomic E-state index is 12.5. The van der Waals surface area contributed by atoms with E-state index in [4.69, 9.17) is 21.9 Å². The number of anilines is 1. The number of nitrogens with zero attached hydrogens (tertiary/aromatic N) is 1. The second-order valence-electron chi connectivity index (χ2n) is 9.22. The number of carbonyl (C=O) groups is 4. The fraction of sp³-hybridized carbons (Fsp3) is 0.480. The molecular weight excluding hydrogens is 542 g/mol. The molecule has 0 saturated carbocycles. The van der Waals surface area contributed by atoms with Crippen LogP contribution in [0.2, 0.25) is 0 Å². The first kappa shape index (κ1) is 34.5. The summed E-state index contributed by atoms with van der Waals surface area (Å²) in [5.74, 6) is -3.99. The van der Waals surface area contributed by atoms with Gasteiger partial charge in [-0.3, -0.25) is 9.59 Å². The van der Waals surface area contributed by atoms with Crippen LogP contribution in [0.15, 0.2) is 34.8 Å². The number of alkyl carbamates (subject to hydrolysis) is 1. The van der Waals surface area contributed by atoms with Gasteiger partial charge in [-0.2, -0.15) is 0 Å². The number of hydrogen-bond acceptors (Lipinski definition) is 10. The van der Waals surface area contributed by atoms with Gasteiger partial charge in [0.25, 0.3) is 5.91 Å². The summed E-state index contributed by atoms with van der Waals surface area (Å²) in [6.07, 6.45) is -2.53. The van der Waals surface area contributed by atoms with Gasteiger partial charge in [0, 0.05) is 37.2 Å². The average molecular weight is 582 g/mol. The number of carbonyl (C=O) groups excluding carboxylic acids is 3. The number of rotatable bonds is 15. The van der Waals surface area contributed by atoms with Crippen molar-refractivity contribution < 1.29 is 44.3 Å². The number of phenolic OH excluding ortho intramolecular Hbond substituents is 1. The number of aliphatic imine (C=N–C) groups is 1. The van der Waals surface area contributed by atoms with Crippen molar-refractivity contribution in [2.45, 2.75) is 51.5 Å². The molecule has 0 radical (unpaired) electrons. The lowest BCUT2D eigenvalue weighted by atomic mass is 9.86. The third-order valence-corrected chi connectivity index (χ3v) is 5.86. The fourth-order valence-electron chi connectivity index (χ4n) is 3.80. The van der Waals surface area contributed by atoms with E-state index in [2.05, 4.69) is 20.9 Å². The fourth-order valence-corrected chi connectivity index (χ4v) is 3.80. The van der Waals surface area contributed by atoms with Gasteiger partial charge in [-0.25, -0.2) is 14.6 Å². The number of aliphatic hydroxyl groups is 2. The van der Waals surface area contributed by atoms with Crippen LogP contribution in [0.5, 0.6) is 5.75 Å². The number of hydrogen-bond donors (Lipinski definition) is 10. The molecule has 0 heterocycles. The number of aliphatic carboxylic acids is 1. The summed E-state index contributed by atoms with van der Waals surface area (Å²) in [6.45, 7) is 3.30. The summed E-state index contributed by atoms with van der Waals surface area (Å²) in [4.78, 5) is 52.1.